The lowest BCUT2D eigenvalue weighted by molar-refractivity contribution is 0.529. The van der Waals surface area contributed by atoms with E-state index in [0.29, 0.717) is 0 Å². The van der Waals surface area contributed by atoms with Gasteiger partial charge in [-0.1, -0.05) is 136 Å². The van der Waals surface area contributed by atoms with Crippen LogP contribution >= 0.6 is 0 Å². The maximum atomic E-state index is 2.48. The van der Waals surface area contributed by atoms with Crippen molar-refractivity contribution in [2.75, 3.05) is 0 Å². The summed E-state index contributed by atoms with van der Waals surface area (Å²) in [5.74, 6) is 0. The van der Waals surface area contributed by atoms with Crippen molar-refractivity contribution in [2.24, 2.45) is 0 Å². The highest BCUT2D eigenvalue weighted by Gasteiger charge is 1.94. The van der Waals surface area contributed by atoms with Crippen molar-refractivity contribution in [3.05, 3.63) is 6.42 Å². The molecule has 0 saturated carbocycles. The Balaban J connectivity index is 2.91. The second-order valence-corrected chi connectivity index (χ2v) is 7.17. The molecule has 0 aliphatic heterocycles. The fourth-order valence-electron chi connectivity index (χ4n) is 3.19. The molecule has 0 heteroatoms. The summed E-state index contributed by atoms with van der Waals surface area (Å²) in [5, 5.41) is 0. The molecule has 0 saturated heterocycles. The van der Waals surface area contributed by atoms with Gasteiger partial charge < -0.3 is 0 Å². The minimum atomic E-state index is 1.32. The lowest BCUT2D eigenvalue weighted by Gasteiger charge is -2.03. The topological polar surface area (TPSA) is 0 Å². The van der Waals surface area contributed by atoms with Crippen LogP contribution in [0.25, 0.3) is 0 Å². The zero-order valence-electron chi connectivity index (χ0n) is 16.0. The smallest absolute Gasteiger partial charge is 0.0386 e. The van der Waals surface area contributed by atoms with Crippen molar-refractivity contribution >= 4 is 0 Å². The molecule has 0 aromatic carbocycles. The van der Waals surface area contributed by atoms with Crippen LogP contribution in [0, 0.1) is 6.42 Å². The Morgan fingerprint density at radius 3 is 1.09 bits per heavy atom. The van der Waals surface area contributed by atoms with Crippen LogP contribution in [0.2, 0.25) is 0 Å². The summed E-state index contributed by atoms with van der Waals surface area (Å²) in [6.45, 7) is 4.57. The molecule has 0 nitrogen and oxygen atoms in total. The van der Waals surface area contributed by atoms with Gasteiger partial charge in [0.1, 0.15) is 0 Å². The van der Waals surface area contributed by atoms with E-state index in [1.807, 2.05) is 0 Å². The average Bonchev–Trinajstić information content (AvgIpc) is 2.54. The Bertz CT molecular complexity index is 153. The van der Waals surface area contributed by atoms with E-state index in [4.69, 9.17) is 0 Å². The first kappa shape index (κ1) is 22.0. The summed E-state index contributed by atoms with van der Waals surface area (Å²) >= 11 is 0. The third-order valence-electron chi connectivity index (χ3n) is 4.75. The molecule has 0 aliphatic carbocycles. The summed E-state index contributed by atoms with van der Waals surface area (Å²) in [7, 11) is 0. The summed E-state index contributed by atoms with van der Waals surface area (Å²) in [5.41, 5.74) is 0. The molecular weight excluding hydrogens is 264 g/mol. The van der Waals surface area contributed by atoms with Gasteiger partial charge in [0.25, 0.3) is 0 Å². The van der Waals surface area contributed by atoms with Crippen LogP contribution < -0.4 is 0 Å². The molecule has 0 aromatic heterocycles. The summed E-state index contributed by atoms with van der Waals surface area (Å²) < 4.78 is 0. The highest BCUT2D eigenvalue weighted by molar-refractivity contribution is 4.63. The highest BCUT2D eigenvalue weighted by Crippen LogP contribution is 2.14. The van der Waals surface area contributed by atoms with Gasteiger partial charge in [0.15, 0.2) is 0 Å². The minimum Gasteiger partial charge on any atom is -0.0654 e. The van der Waals surface area contributed by atoms with Gasteiger partial charge in [-0.05, 0) is 6.42 Å². The number of rotatable bonds is 19. The van der Waals surface area contributed by atoms with E-state index in [-0.39, 0.29) is 0 Å². The van der Waals surface area contributed by atoms with Crippen molar-refractivity contribution in [2.45, 2.75) is 136 Å². The number of unbranched alkanes of at least 4 members (excludes halogenated alkanes) is 19. The first-order valence-electron chi connectivity index (χ1n) is 10.7. The highest BCUT2D eigenvalue weighted by atomic mass is 14.0. The van der Waals surface area contributed by atoms with Crippen molar-refractivity contribution in [1.82, 2.24) is 0 Å². The molecule has 133 valence electrons. The third kappa shape index (κ3) is 20.0. The predicted octanol–water partition coefficient (Wildman–Crippen LogP) is 8.64. The lowest BCUT2D eigenvalue weighted by atomic mass is 10.0. The van der Waals surface area contributed by atoms with Crippen molar-refractivity contribution in [1.29, 1.82) is 0 Å². The summed E-state index contributed by atoms with van der Waals surface area (Å²) in [4.78, 5) is 0. The van der Waals surface area contributed by atoms with E-state index in [1.54, 1.807) is 0 Å². The van der Waals surface area contributed by atoms with Crippen LogP contribution in [0.3, 0.4) is 0 Å². The average molecular weight is 310 g/mol. The third-order valence-corrected chi connectivity index (χ3v) is 4.75. The van der Waals surface area contributed by atoms with E-state index in [9.17, 15) is 0 Å². The van der Waals surface area contributed by atoms with E-state index in [0.717, 1.165) is 0 Å². The molecule has 0 unspecified atom stereocenters. The minimum absolute atomic E-state index is 1.32. The first-order chi connectivity index (χ1) is 10.9. The van der Waals surface area contributed by atoms with Crippen LogP contribution in [0.1, 0.15) is 136 Å². The van der Waals surface area contributed by atoms with Crippen molar-refractivity contribution in [3.63, 3.8) is 0 Å². The molecule has 0 aromatic rings. The molecule has 0 amide bonds. The quantitative estimate of drug-likeness (QED) is 0.209. The zero-order chi connectivity index (χ0) is 16.1. The van der Waals surface area contributed by atoms with Gasteiger partial charge in [0.2, 0.25) is 0 Å². The Hall–Kier alpha value is 0. The standard InChI is InChI=1S/C22H45/c1-3-5-7-9-11-13-15-17-19-21-22-20-18-16-14-12-10-8-6-4-2/h7H,3-6,8-22H2,1-2H3. The molecule has 0 heterocycles. The fraction of sp³-hybridized carbons (Fsp3) is 0.955. The Morgan fingerprint density at radius 1 is 0.364 bits per heavy atom. The molecule has 0 spiro atoms. The molecule has 22 heavy (non-hydrogen) atoms. The van der Waals surface area contributed by atoms with Crippen molar-refractivity contribution in [3.8, 4) is 0 Å². The molecule has 0 N–H and O–H groups in total. The van der Waals surface area contributed by atoms with Gasteiger partial charge in [-0.3, -0.25) is 0 Å². The first-order valence-corrected chi connectivity index (χ1v) is 10.7. The number of hydrogen-bond acceptors (Lipinski definition) is 0. The van der Waals surface area contributed by atoms with Crippen LogP contribution in [0.5, 0.6) is 0 Å². The van der Waals surface area contributed by atoms with Gasteiger partial charge in [-0.2, -0.15) is 0 Å². The van der Waals surface area contributed by atoms with Crippen LogP contribution in [0.4, 0.5) is 0 Å². The van der Waals surface area contributed by atoms with E-state index in [2.05, 4.69) is 20.3 Å². The summed E-state index contributed by atoms with van der Waals surface area (Å²) in [6, 6.07) is 0. The molecule has 0 atom stereocenters. The zero-order valence-corrected chi connectivity index (χ0v) is 16.0. The van der Waals surface area contributed by atoms with E-state index < -0.39 is 0 Å². The maximum Gasteiger partial charge on any atom is -0.0386 e. The molecule has 0 bridgehead atoms. The van der Waals surface area contributed by atoms with Crippen LogP contribution in [-0.2, 0) is 0 Å². The second kappa shape index (κ2) is 21.0. The Kier molecular flexibility index (Phi) is 21.0. The predicted molar refractivity (Wildman–Crippen MR) is 103 cm³/mol. The molecule has 1 radical (unpaired) electrons. The van der Waals surface area contributed by atoms with Gasteiger partial charge in [-0.25, -0.2) is 0 Å². The largest absolute Gasteiger partial charge is 0.0654 e. The van der Waals surface area contributed by atoms with Gasteiger partial charge in [-0.15, -0.1) is 0 Å². The van der Waals surface area contributed by atoms with E-state index >= 15 is 0 Å². The Morgan fingerprint density at radius 2 is 0.727 bits per heavy atom. The van der Waals surface area contributed by atoms with Gasteiger partial charge >= 0.3 is 0 Å². The fourth-order valence-corrected chi connectivity index (χ4v) is 3.19. The Labute approximate surface area is 142 Å². The van der Waals surface area contributed by atoms with Gasteiger partial charge in [0.05, 0.1) is 0 Å². The van der Waals surface area contributed by atoms with Gasteiger partial charge in [0, 0.05) is 0 Å². The van der Waals surface area contributed by atoms with E-state index in [1.165, 1.54) is 122 Å². The molecule has 0 aliphatic rings. The normalized spacial score (nSPS) is 11.2. The van der Waals surface area contributed by atoms with Crippen LogP contribution in [0.15, 0.2) is 0 Å². The molecule has 0 rings (SSSR count). The van der Waals surface area contributed by atoms with Crippen molar-refractivity contribution < 1.29 is 0 Å². The molecular formula is C22H45. The summed E-state index contributed by atoms with van der Waals surface area (Å²) in [6.07, 6.45) is 29.9. The monoisotopic (exact) mass is 309 g/mol. The maximum absolute atomic E-state index is 2.48. The SMILES string of the molecule is CCC[CH]CCCCCCCCCCCCCCCCCC. The second-order valence-electron chi connectivity index (χ2n) is 7.17. The lowest BCUT2D eigenvalue weighted by Crippen LogP contribution is -1.84. The van der Waals surface area contributed by atoms with Crippen LogP contribution in [-0.4, -0.2) is 0 Å². The number of hydrogen-bond donors (Lipinski definition) is 0. The molecule has 0 fully saturated rings.